The van der Waals surface area contributed by atoms with Gasteiger partial charge in [-0.2, -0.15) is 0 Å². The Kier molecular flexibility index (Phi) is 6.01. The minimum atomic E-state index is -0.535. The number of carbonyl (C=O) groups is 1. The lowest BCUT2D eigenvalue weighted by atomic mass is 10.1. The molecule has 3 heterocycles. The van der Waals surface area contributed by atoms with Crippen LogP contribution in [-0.4, -0.2) is 26.6 Å². The molecule has 0 aromatic carbocycles. The van der Waals surface area contributed by atoms with Gasteiger partial charge in [0, 0.05) is 35.8 Å². The Morgan fingerprint density at radius 2 is 2.04 bits per heavy atom. The standard InChI is InChI=1S/C20H18FN5O2/c1-3-17(26-28-19-6-4-5-9-23-19)14-7-8-18(24-10-14)25-20(27)15-11-22-12-16(21)13(15)2/h4-12H,3H2,1-2H3,(H,24,25,27)/b26-17+. The molecule has 0 aliphatic heterocycles. The number of carbonyl (C=O) groups excluding carboxylic acids is 1. The minimum absolute atomic E-state index is 0.158. The predicted octanol–water partition coefficient (Wildman–Crippen LogP) is 3.76. The van der Waals surface area contributed by atoms with Gasteiger partial charge in [0.05, 0.1) is 17.5 Å². The summed E-state index contributed by atoms with van der Waals surface area (Å²) in [5.74, 6) is -0.289. The zero-order valence-corrected chi connectivity index (χ0v) is 15.4. The number of nitrogens with zero attached hydrogens (tertiary/aromatic N) is 4. The first kappa shape index (κ1) is 19.1. The van der Waals surface area contributed by atoms with Gasteiger partial charge in [-0.1, -0.05) is 18.1 Å². The summed E-state index contributed by atoms with van der Waals surface area (Å²) >= 11 is 0. The normalized spacial score (nSPS) is 11.2. The zero-order chi connectivity index (χ0) is 19.9. The molecule has 0 saturated carbocycles. The first-order chi connectivity index (χ1) is 13.6. The molecular weight excluding hydrogens is 361 g/mol. The van der Waals surface area contributed by atoms with Gasteiger partial charge in [-0.05, 0) is 31.5 Å². The molecule has 0 atom stereocenters. The van der Waals surface area contributed by atoms with Crippen molar-refractivity contribution in [2.75, 3.05) is 5.32 Å². The average molecular weight is 379 g/mol. The van der Waals surface area contributed by atoms with Gasteiger partial charge in [-0.25, -0.2) is 14.4 Å². The molecule has 0 bridgehead atoms. The highest BCUT2D eigenvalue weighted by Gasteiger charge is 2.13. The molecule has 0 radical (unpaired) electrons. The molecule has 8 heteroatoms. The van der Waals surface area contributed by atoms with E-state index in [0.29, 0.717) is 23.8 Å². The highest BCUT2D eigenvalue weighted by atomic mass is 19.1. The van der Waals surface area contributed by atoms with Crippen LogP contribution in [0, 0.1) is 12.7 Å². The Morgan fingerprint density at radius 1 is 1.18 bits per heavy atom. The second-order valence-corrected chi connectivity index (χ2v) is 5.83. The highest BCUT2D eigenvalue weighted by Crippen LogP contribution is 2.14. The molecule has 3 aromatic heterocycles. The molecular formula is C20H18FN5O2. The van der Waals surface area contributed by atoms with Crippen LogP contribution >= 0.6 is 0 Å². The number of anilines is 1. The van der Waals surface area contributed by atoms with E-state index in [1.165, 1.54) is 13.1 Å². The van der Waals surface area contributed by atoms with Crippen molar-refractivity contribution < 1.29 is 14.0 Å². The lowest BCUT2D eigenvalue weighted by Crippen LogP contribution is -2.15. The van der Waals surface area contributed by atoms with E-state index in [-0.39, 0.29) is 11.1 Å². The van der Waals surface area contributed by atoms with Crippen molar-refractivity contribution in [1.29, 1.82) is 0 Å². The van der Waals surface area contributed by atoms with Crippen LogP contribution < -0.4 is 10.2 Å². The van der Waals surface area contributed by atoms with Gasteiger partial charge in [-0.3, -0.25) is 9.78 Å². The number of hydrogen-bond acceptors (Lipinski definition) is 6. The molecule has 0 unspecified atom stereocenters. The summed E-state index contributed by atoms with van der Waals surface area (Å²) in [6.07, 6.45) is 6.20. The lowest BCUT2D eigenvalue weighted by molar-refractivity contribution is 0.102. The molecule has 3 aromatic rings. The maximum absolute atomic E-state index is 13.6. The quantitative estimate of drug-likeness (QED) is 0.520. The SMILES string of the molecule is CC/C(=N\Oc1ccccn1)c1ccc(NC(=O)c2cncc(F)c2C)nc1. The van der Waals surface area contributed by atoms with Crippen molar-refractivity contribution >= 4 is 17.4 Å². The first-order valence-electron chi connectivity index (χ1n) is 8.61. The van der Waals surface area contributed by atoms with Crippen molar-refractivity contribution in [3.05, 3.63) is 77.6 Å². The summed E-state index contributed by atoms with van der Waals surface area (Å²) in [5, 5.41) is 6.75. The average Bonchev–Trinajstić information content (AvgIpc) is 2.72. The molecule has 7 nitrogen and oxygen atoms in total. The van der Waals surface area contributed by atoms with Crippen LogP contribution in [0.15, 0.2) is 60.3 Å². The number of rotatable bonds is 6. The van der Waals surface area contributed by atoms with Gasteiger partial charge in [0.2, 0.25) is 5.88 Å². The van der Waals surface area contributed by atoms with Crippen LogP contribution in [0.3, 0.4) is 0 Å². The van der Waals surface area contributed by atoms with Crippen molar-refractivity contribution in [3.8, 4) is 5.88 Å². The molecule has 3 rings (SSSR count). The Hall–Kier alpha value is -3.68. The monoisotopic (exact) mass is 379 g/mol. The molecule has 142 valence electrons. The summed E-state index contributed by atoms with van der Waals surface area (Å²) in [6, 6.07) is 8.70. The van der Waals surface area contributed by atoms with Gasteiger partial charge in [-0.15, -0.1) is 0 Å². The number of amides is 1. The Morgan fingerprint density at radius 3 is 2.71 bits per heavy atom. The van der Waals surface area contributed by atoms with Crippen LogP contribution in [-0.2, 0) is 0 Å². The summed E-state index contributed by atoms with van der Waals surface area (Å²) in [5.41, 5.74) is 1.82. The summed E-state index contributed by atoms with van der Waals surface area (Å²) in [6.45, 7) is 3.46. The molecule has 0 aliphatic rings. The van der Waals surface area contributed by atoms with E-state index < -0.39 is 11.7 Å². The van der Waals surface area contributed by atoms with E-state index in [0.717, 1.165) is 11.8 Å². The smallest absolute Gasteiger partial charge is 0.258 e. The second-order valence-electron chi connectivity index (χ2n) is 5.83. The van der Waals surface area contributed by atoms with Crippen molar-refractivity contribution in [1.82, 2.24) is 15.0 Å². The Balaban J connectivity index is 1.71. The highest BCUT2D eigenvalue weighted by molar-refractivity contribution is 6.05. The zero-order valence-electron chi connectivity index (χ0n) is 15.4. The van der Waals surface area contributed by atoms with E-state index in [1.807, 2.05) is 6.92 Å². The van der Waals surface area contributed by atoms with Crippen molar-refractivity contribution in [2.24, 2.45) is 5.16 Å². The third kappa shape index (κ3) is 4.53. The predicted molar refractivity (Wildman–Crippen MR) is 103 cm³/mol. The number of halogens is 1. The van der Waals surface area contributed by atoms with Gasteiger partial charge < -0.3 is 10.2 Å². The number of hydrogen-bond donors (Lipinski definition) is 1. The fourth-order valence-corrected chi connectivity index (χ4v) is 2.37. The maximum atomic E-state index is 13.6. The molecule has 0 fully saturated rings. The van der Waals surface area contributed by atoms with Gasteiger partial charge in [0.15, 0.2) is 0 Å². The van der Waals surface area contributed by atoms with Crippen molar-refractivity contribution in [2.45, 2.75) is 20.3 Å². The van der Waals surface area contributed by atoms with E-state index in [2.05, 4.69) is 25.4 Å². The molecule has 28 heavy (non-hydrogen) atoms. The first-order valence-corrected chi connectivity index (χ1v) is 8.61. The van der Waals surface area contributed by atoms with Crippen molar-refractivity contribution in [3.63, 3.8) is 0 Å². The van der Waals surface area contributed by atoms with Crippen LogP contribution in [0.4, 0.5) is 10.2 Å². The molecule has 0 aliphatic carbocycles. The topological polar surface area (TPSA) is 89.4 Å². The van der Waals surface area contributed by atoms with Gasteiger partial charge >= 0.3 is 0 Å². The molecule has 1 N–H and O–H groups in total. The van der Waals surface area contributed by atoms with Crippen LogP contribution in [0.5, 0.6) is 5.88 Å². The van der Waals surface area contributed by atoms with Crippen LogP contribution in [0.1, 0.15) is 34.8 Å². The van der Waals surface area contributed by atoms with E-state index in [1.54, 1.807) is 42.7 Å². The van der Waals surface area contributed by atoms with E-state index >= 15 is 0 Å². The number of nitrogens with one attached hydrogen (secondary N) is 1. The van der Waals surface area contributed by atoms with Crippen LogP contribution in [0.2, 0.25) is 0 Å². The van der Waals surface area contributed by atoms with E-state index in [9.17, 15) is 9.18 Å². The second kappa shape index (κ2) is 8.81. The van der Waals surface area contributed by atoms with E-state index in [4.69, 9.17) is 4.84 Å². The maximum Gasteiger partial charge on any atom is 0.258 e. The minimum Gasteiger partial charge on any atom is -0.336 e. The third-order valence-corrected chi connectivity index (χ3v) is 3.96. The summed E-state index contributed by atoms with van der Waals surface area (Å²) < 4.78 is 13.6. The van der Waals surface area contributed by atoms with Crippen LogP contribution in [0.25, 0.3) is 0 Å². The molecule has 1 amide bonds. The Bertz CT molecular complexity index is 991. The summed E-state index contributed by atoms with van der Waals surface area (Å²) in [4.78, 5) is 29.6. The molecule has 0 spiro atoms. The fraction of sp³-hybridized carbons (Fsp3) is 0.150. The Labute approximate surface area is 161 Å². The lowest BCUT2D eigenvalue weighted by Gasteiger charge is -2.08. The number of aromatic nitrogens is 3. The largest absolute Gasteiger partial charge is 0.336 e. The van der Waals surface area contributed by atoms with Gasteiger partial charge in [0.1, 0.15) is 11.6 Å². The summed E-state index contributed by atoms with van der Waals surface area (Å²) in [7, 11) is 0. The van der Waals surface area contributed by atoms with Gasteiger partial charge in [0.25, 0.3) is 5.91 Å². The number of pyridine rings is 3. The fourth-order valence-electron chi connectivity index (χ4n) is 2.37. The molecule has 0 saturated heterocycles. The third-order valence-electron chi connectivity index (χ3n) is 3.96. The number of oxime groups is 1.